The molecule has 17 heavy (non-hydrogen) atoms. The van der Waals surface area contributed by atoms with Gasteiger partial charge in [0.25, 0.3) is 0 Å². The number of alkyl halides is 3. The van der Waals surface area contributed by atoms with Gasteiger partial charge in [-0.05, 0) is 6.42 Å². The van der Waals surface area contributed by atoms with Crippen molar-refractivity contribution >= 4 is 22.6 Å². The van der Waals surface area contributed by atoms with Crippen LogP contribution in [0.15, 0.2) is 0 Å². The number of hydrogen-bond acceptors (Lipinski definition) is 5. The summed E-state index contributed by atoms with van der Waals surface area (Å²) >= 11 is 0.562. The molecular weight excluding hydrogens is 259 g/mol. The normalized spacial score (nSPS) is 13.4. The molecule has 0 bridgehead atoms. The molecule has 0 aliphatic carbocycles. The Labute approximate surface area is 98.8 Å². The average Bonchev–Trinajstić information content (AvgIpc) is 2.63. The van der Waals surface area contributed by atoms with Gasteiger partial charge in [0.1, 0.15) is 0 Å². The third kappa shape index (κ3) is 4.17. The predicted molar refractivity (Wildman–Crippen MR) is 54.9 cm³/mol. The highest BCUT2D eigenvalue weighted by molar-refractivity contribution is 7.09. The Bertz CT molecular complexity index is 394. The van der Waals surface area contributed by atoms with E-state index in [0.29, 0.717) is 18.0 Å². The summed E-state index contributed by atoms with van der Waals surface area (Å²) < 4.78 is 39.7. The number of hydrogen-bond donors (Lipinski definition) is 2. The average molecular weight is 269 g/mol. The number of aliphatic carboxylic acids is 1. The maximum absolute atomic E-state index is 12.2. The lowest BCUT2D eigenvalue weighted by atomic mass is 10.1. The van der Waals surface area contributed by atoms with E-state index in [1.54, 1.807) is 6.92 Å². The highest BCUT2D eigenvalue weighted by Gasteiger charge is 2.36. The zero-order valence-corrected chi connectivity index (χ0v) is 9.60. The Morgan fingerprint density at radius 1 is 1.59 bits per heavy atom. The first-order valence-corrected chi connectivity index (χ1v) is 5.49. The van der Waals surface area contributed by atoms with Crippen molar-refractivity contribution in [3.05, 3.63) is 5.82 Å². The third-order valence-electron chi connectivity index (χ3n) is 1.92. The van der Waals surface area contributed by atoms with Crippen LogP contribution in [0.2, 0.25) is 0 Å². The number of halogens is 3. The summed E-state index contributed by atoms with van der Waals surface area (Å²) in [5.74, 6) is -2.24. The Morgan fingerprint density at radius 3 is 2.65 bits per heavy atom. The number of carbonyl (C=O) groups is 1. The zero-order chi connectivity index (χ0) is 13.1. The van der Waals surface area contributed by atoms with Gasteiger partial charge < -0.3 is 10.4 Å². The van der Waals surface area contributed by atoms with Crippen LogP contribution in [-0.2, 0) is 11.0 Å². The highest BCUT2D eigenvalue weighted by atomic mass is 32.1. The van der Waals surface area contributed by atoms with Crippen molar-refractivity contribution in [1.29, 1.82) is 0 Å². The quantitative estimate of drug-likeness (QED) is 0.857. The standard InChI is InChI=1S/C8H10F3N3O2S/c1-2-4(3-5(15)16)12-7-13-6(14-17-7)8(9,10)11/h4H,2-3H2,1H3,(H,15,16)(H,12,13,14). The second-order valence-corrected chi connectivity index (χ2v) is 4.02. The lowest BCUT2D eigenvalue weighted by Gasteiger charge is -2.12. The molecule has 0 fully saturated rings. The van der Waals surface area contributed by atoms with Crippen LogP contribution in [0.25, 0.3) is 0 Å². The van der Waals surface area contributed by atoms with E-state index in [-0.39, 0.29) is 11.6 Å². The van der Waals surface area contributed by atoms with E-state index in [1.165, 1.54) is 0 Å². The molecule has 1 aromatic heterocycles. The Morgan fingerprint density at radius 2 is 2.24 bits per heavy atom. The number of anilines is 1. The summed E-state index contributed by atoms with van der Waals surface area (Å²) in [6, 6.07) is -0.457. The summed E-state index contributed by atoms with van der Waals surface area (Å²) in [6.45, 7) is 1.73. The van der Waals surface area contributed by atoms with Gasteiger partial charge in [-0.15, -0.1) is 0 Å². The topological polar surface area (TPSA) is 75.1 Å². The zero-order valence-electron chi connectivity index (χ0n) is 8.78. The minimum Gasteiger partial charge on any atom is -0.481 e. The predicted octanol–water partition coefficient (Wildman–Crippen LogP) is 2.22. The molecule has 1 atom stereocenters. The Balaban J connectivity index is 2.68. The second kappa shape index (κ2) is 5.30. The molecule has 0 spiro atoms. The number of aromatic nitrogens is 2. The van der Waals surface area contributed by atoms with Crippen LogP contribution in [0.5, 0.6) is 0 Å². The Kier molecular flexibility index (Phi) is 4.27. The van der Waals surface area contributed by atoms with Crippen molar-refractivity contribution in [3.8, 4) is 0 Å². The number of nitrogens with one attached hydrogen (secondary N) is 1. The van der Waals surface area contributed by atoms with E-state index in [1.807, 2.05) is 0 Å². The largest absolute Gasteiger partial charge is 0.481 e. The van der Waals surface area contributed by atoms with Crippen LogP contribution in [0, 0.1) is 0 Å². The van der Waals surface area contributed by atoms with Gasteiger partial charge >= 0.3 is 12.1 Å². The second-order valence-electron chi connectivity index (χ2n) is 3.27. The van der Waals surface area contributed by atoms with Gasteiger partial charge in [-0.3, -0.25) is 4.79 Å². The molecule has 1 rings (SSSR count). The van der Waals surface area contributed by atoms with Crippen molar-refractivity contribution in [3.63, 3.8) is 0 Å². The van der Waals surface area contributed by atoms with Crippen molar-refractivity contribution in [1.82, 2.24) is 9.36 Å². The highest BCUT2D eigenvalue weighted by Crippen LogP contribution is 2.29. The van der Waals surface area contributed by atoms with Gasteiger partial charge in [-0.25, -0.2) is 0 Å². The molecule has 0 amide bonds. The molecule has 0 saturated heterocycles. The van der Waals surface area contributed by atoms with E-state index in [2.05, 4.69) is 14.7 Å². The monoisotopic (exact) mass is 269 g/mol. The molecule has 96 valence electrons. The molecule has 1 unspecified atom stereocenters. The van der Waals surface area contributed by atoms with E-state index in [0.717, 1.165) is 0 Å². The summed E-state index contributed by atoms with van der Waals surface area (Å²) in [5.41, 5.74) is 0. The molecule has 0 aliphatic rings. The molecule has 0 radical (unpaired) electrons. The first-order chi connectivity index (χ1) is 7.82. The van der Waals surface area contributed by atoms with Crippen molar-refractivity contribution in [2.75, 3.05) is 5.32 Å². The first-order valence-electron chi connectivity index (χ1n) is 4.72. The summed E-state index contributed by atoms with van der Waals surface area (Å²) in [5, 5.41) is 11.2. The van der Waals surface area contributed by atoms with E-state index in [4.69, 9.17) is 5.11 Å². The number of carboxylic acids is 1. The van der Waals surface area contributed by atoms with E-state index < -0.39 is 24.0 Å². The van der Waals surface area contributed by atoms with Crippen LogP contribution >= 0.6 is 11.5 Å². The number of rotatable bonds is 5. The number of carboxylic acid groups (broad SMARTS) is 1. The lowest BCUT2D eigenvalue weighted by molar-refractivity contribution is -0.144. The minimum atomic E-state index is -4.58. The molecule has 2 N–H and O–H groups in total. The maximum Gasteiger partial charge on any atom is 0.452 e. The van der Waals surface area contributed by atoms with Crippen LogP contribution in [0.4, 0.5) is 18.3 Å². The van der Waals surface area contributed by atoms with Crippen LogP contribution in [-0.4, -0.2) is 26.5 Å². The third-order valence-corrected chi connectivity index (χ3v) is 2.57. The smallest absolute Gasteiger partial charge is 0.452 e. The van der Waals surface area contributed by atoms with Crippen molar-refractivity contribution in [2.24, 2.45) is 0 Å². The van der Waals surface area contributed by atoms with Crippen LogP contribution in [0.3, 0.4) is 0 Å². The fourth-order valence-electron chi connectivity index (χ4n) is 1.08. The molecule has 0 aliphatic heterocycles. The Hall–Kier alpha value is -1.38. The van der Waals surface area contributed by atoms with Crippen molar-refractivity contribution < 1.29 is 23.1 Å². The minimum absolute atomic E-state index is 0.0228. The van der Waals surface area contributed by atoms with E-state index in [9.17, 15) is 18.0 Å². The fourth-order valence-corrected chi connectivity index (χ4v) is 1.74. The fraction of sp³-hybridized carbons (Fsp3) is 0.625. The maximum atomic E-state index is 12.2. The van der Waals surface area contributed by atoms with Gasteiger partial charge in [0, 0.05) is 17.6 Å². The van der Waals surface area contributed by atoms with Crippen molar-refractivity contribution in [2.45, 2.75) is 32.0 Å². The van der Waals surface area contributed by atoms with Crippen LogP contribution < -0.4 is 5.32 Å². The summed E-state index contributed by atoms with van der Waals surface area (Å²) in [4.78, 5) is 13.7. The van der Waals surface area contributed by atoms with Gasteiger partial charge in [-0.2, -0.15) is 22.5 Å². The lowest BCUT2D eigenvalue weighted by Crippen LogP contribution is -2.22. The number of nitrogens with zero attached hydrogens (tertiary/aromatic N) is 2. The SMILES string of the molecule is CCC(CC(=O)O)Nc1nc(C(F)(F)F)ns1. The van der Waals surface area contributed by atoms with Gasteiger partial charge in [0.05, 0.1) is 6.42 Å². The molecule has 0 saturated carbocycles. The molecule has 1 heterocycles. The molecule has 0 aromatic carbocycles. The van der Waals surface area contributed by atoms with Gasteiger partial charge in [0.15, 0.2) is 0 Å². The van der Waals surface area contributed by atoms with E-state index >= 15 is 0 Å². The summed E-state index contributed by atoms with van der Waals surface area (Å²) in [7, 11) is 0. The molecule has 1 aromatic rings. The van der Waals surface area contributed by atoms with Gasteiger partial charge in [0.2, 0.25) is 11.0 Å². The van der Waals surface area contributed by atoms with Crippen LogP contribution in [0.1, 0.15) is 25.6 Å². The summed E-state index contributed by atoms with van der Waals surface area (Å²) in [6.07, 6.45) is -4.30. The molecule has 5 nitrogen and oxygen atoms in total. The molecular formula is C8H10F3N3O2S. The molecule has 9 heteroatoms. The first kappa shape index (κ1) is 13.7. The van der Waals surface area contributed by atoms with Gasteiger partial charge in [-0.1, -0.05) is 6.92 Å².